The van der Waals surface area contributed by atoms with E-state index in [9.17, 15) is 0 Å². The van der Waals surface area contributed by atoms with Crippen molar-refractivity contribution in [3.05, 3.63) is 36.7 Å². The van der Waals surface area contributed by atoms with Gasteiger partial charge in [-0.05, 0) is 24.3 Å². The normalized spacial score (nSPS) is 10.2. The zero-order valence-corrected chi connectivity index (χ0v) is 6.75. The fourth-order valence-corrected chi connectivity index (χ4v) is 1.06. The average Bonchev–Trinajstić information content (AvgIpc) is 2.53. The third kappa shape index (κ3) is 1.46. The van der Waals surface area contributed by atoms with E-state index in [0.717, 1.165) is 5.69 Å². The summed E-state index contributed by atoms with van der Waals surface area (Å²) in [5.74, 6) is 0.327. The van der Waals surface area contributed by atoms with Crippen molar-refractivity contribution in [1.29, 1.82) is 0 Å². The van der Waals surface area contributed by atoms with Crippen LogP contribution in [0.1, 0.15) is 0 Å². The number of hydrogen-bond donors (Lipinski definition) is 2. The number of phenols is 1. The predicted octanol–water partition coefficient (Wildman–Crippen LogP) is 1.28. The Bertz CT molecular complexity index is 406. The highest BCUT2D eigenvalue weighted by molar-refractivity contribution is 5.36. The molecule has 2 rings (SSSR count). The molecule has 0 aliphatic carbocycles. The predicted molar refractivity (Wildman–Crippen MR) is 46.9 cm³/mol. The summed E-state index contributed by atoms with van der Waals surface area (Å²) in [6.45, 7) is 0. The van der Waals surface area contributed by atoms with Crippen LogP contribution in [0.5, 0.6) is 11.5 Å². The second kappa shape index (κ2) is 2.82. The summed E-state index contributed by atoms with van der Waals surface area (Å²) < 4.78 is 1.52. The smallest absolute Gasteiger partial charge is 0.153 e. The summed E-state index contributed by atoms with van der Waals surface area (Å²) >= 11 is 0. The van der Waals surface area contributed by atoms with E-state index in [-0.39, 0.29) is 11.5 Å². The third-order valence-corrected chi connectivity index (χ3v) is 1.68. The minimum Gasteiger partial charge on any atom is -0.508 e. The van der Waals surface area contributed by atoms with Gasteiger partial charge in [0, 0.05) is 0 Å². The molecule has 0 aliphatic heterocycles. The van der Waals surface area contributed by atoms with Gasteiger partial charge in [0.1, 0.15) is 5.75 Å². The lowest BCUT2D eigenvalue weighted by Gasteiger charge is -1.99. The molecule has 0 saturated heterocycles. The average molecular weight is 176 g/mol. The Morgan fingerprint density at radius 2 is 1.69 bits per heavy atom. The van der Waals surface area contributed by atoms with Crippen LogP contribution in [0.3, 0.4) is 0 Å². The number of rotatable bonds is 1. The lowest BCUT2D eigenvalue weighted by Crippen LogP contribution is -1.92. The van der Waals surface area contributed by atoms with E-state index in [0.29, 0.717) is 0 Å². The van der Waals surface area contributed by atoms with E-state index < -0.39 is 0 Å². The van der Waals surface area contributed by atoms with Crippen LogP contribution in [0.4, 0.5) is 0 Å². The molecule has 1 heterocycles. The molecule has 0 unspecified atom stereocenters. The van der Waals surface area contributed by atoms with Crippen LogP contribution in [0.2, 0.25) is 0 Å². The van der Waals surface area contributed by atoms with Crippen molar-refractivity contribution in [1.82, 2.24) is 9.78 Å². The van der Waals surface area contributed by atoms with E-state index >= 15 is 0 Å². The Hall–Kier alpha value is -1.97. The Morgan fingerprint density at radius 1 is 1.00 bits per heavy atom. The minimum atomic E-state index is 0.119. The number of benzene rings is 1. The number of nitrogens with zero attached hydrogens (tertiary/aromatic N) is 2. The summed E-state index contributed by atoms with van der Waals surface area (Å²) in [7, 11) is 0. The molecule has 1 aromatic carbocycles. The highest BCUT2D eigenvalue weighted by Gasteiger charge is 1.98. The summed E-state index contributed by atoms with van der Waals surface area (Å²) in [5, 5.41) is 22.0. The Balaban J connectivity index is 2.41. The number of hydrogen-bond acceptors (Lipinski definition) is 3. The SMILES string of the molecule is Oc1ccc(-n2cc(O)cn2)cc1. The molecule has 2 N–H and O–H groups in total. The van der Waals surface area contributed by atoms with Gasteiger partial charge < -0.3 is 10.2 Å². The molecule has 0 bridgehead atoms. The molecule has 0 aliphatic rings. The van der Waals surface area contributed by atoms with Crippen LogP contribution in [-0.4, -0.2) is 20.0 Å². The van der Waals surface area contributed by atoms with Gasteiger partial charge in [0.25, 0.3) is 0 Å². The number of aromatic nitrogens is 2. The lowest BCUT2D eigenvalue weighted by atomic mass is 10.3. The molecule has 0 atom stereocenters. The van der Waals surface area contributed by atoms with Crippen LogP contribution < -0.4 is 0 Å². The molecule has 0 spiro atoms. The molecule has 66 valence electrons. The van der Waals surface area contributed by atoms with Crippen molar-refractivity contribution >= 4 is 0 Å². The zero-order valence-electron chi connectivity index (χ0n) is 6.75. The first-order chi connectivity index (χ1) is 6.25. The first-order valence-electron chi connectivity index (χ1n) is 3.79. The maximum absolute atomic E-state index is 9.04. The van der Waals surface area contributed by atoms with Crippen LogP contribution in [-0.2, 0) is 0 Å². The fraction of sp³-hybridized carbons (Fsp3) is 0. The van der Waals surface area contributed by atoms with Gasteiger partial charge in [-0.15, -0.1) is 0 Å². The summed E-state index contributed by atoms with van der Waals surface area (Å²) in [6, 6.07) is 6.55. The van der Waals surface area contributed by atoms with Gasteiger partial charge >= 0.3 is 0 Å². The van der Waals surface area contributed by atoms with Crippen LogP contribution in [0, 0.1) is 0 Å². The maximum atomic E-state index is 9.04. The second-order valence-corrected chi connectivity index (χ2v) is 2.66. The summed E-state index contributed by atoms with van der Waals surface area (Å²) in [6.07, 6.45) is 2.85. The molecular formula is C9H8N2O2. The number of aromatic hydroxyl groups is 2. The third-order valence-electron chi connectivity index (χ3n) is 1.68. The topological polar surface area (TPSA) is 58.3 Å². The van der Waals surface area contributed by atoms with Crippen molar-refractivity contribution in [3.63, 3.8) is 0 Å². The standard InChI is InChI=1S/C9H8N2O2/c12-8-3-1-7(2-4-8)11-6-9(13)5-10-11/h1-6,12-13H. The molecule has 4 heteroatoms. The number of phenolic OH excluding ortho intramolecular Hbond substituents is 1. The zero-order chi connectivity index (χ0) is 9.26. The van der Waals surface area contributed by atoms with Gasteiger partial charge in [0.15, 0.2) is 5.75 Å². The van der Waals surface area contributed by atoms with Gasteiger partial charge in [-0.2, -0.15) is 5.10 Å². The van der Waals surface area contributed by atoms with Gasteiger partial charge in [-0.25, -0.2) is 4.68 Å². The van der Waals surface area contributed by atoms with E-state index in [2.05, 4.69) is 5.10 Å². The highest BCUT2D eigenvalue weighted by atomic mass is 16.3. The van der Waals surface area contributed by atoms with E-state index in [1.807, 2.05) is 0 Å². The molecule has 1 aromatic heterocycles. The van der Waals surface area contributed by atoms with Gasteiger partial charge in [0.2, 0.25) is 0 Å². The highest BCUT2D eigenvalue weighted by Crippen LogP contribution is 2.15. The van der Waals surface area contributed by atoms with E-state index in [1.54, 1.807) is 24.3 Å². The molecular weight excluding hydrogens is 168 g/mol. The molecule has 13 heavy (non-hydrogen) atoms. The summed E-state index contributed by atoms with van der Waals surface area (Å²) in [4.78, 5) is 0. The monoisotopic (exact) mass is 176 g/mol. The summed E-state index contributed by atoms with van der Waals surface area (Å²) in [5.41, 5.74) is 0.790. The van der Waals surface area contributed by atoms with Crippen LogP contribution in [0.25, 0.3) is 5.69 Å². The van der Waals surface area contributed by atoms with Crippen molar-refractivity contribution in [2.45, 2.75) is 0 Å². The van der Waals surface area contributed by atoms with Crippen molar-refractivity contribution in [3.8, 4) is 17.2 Å². The first kappa shape index (κ1) is 7.67. The molecule has 0 amide bonds. The Labute approximate surface area is 74.7 Å². The van der Waals surface area contributed by atoms with Crippen LogP contribution in [0.15, 0.2) is 36.7 Å². The van der Waals surface area contributed by atoms with Crippen molar-refractivity contribution in [2.24, 2.45) is 0 Å². The van der Waals surface area contributed by atoms with Crippen molar-refractivity contribution in [2.75, 3.05) is 0 Å². The molecule has 2 aromatic rings. The Morgan fingerprint density at radius 3 is 2.23 bits per heavy atom. The first-order valence-corrected chi connectivity index (χ1v) is 3.79. The van der Waals surface area contributed by atoms with Gasteiger partial charge in [-0.3, -0.25) is 0 Å². The van der Waals surface area contributed by atoms with E-state index in [4.69, 9.17) is 10.2 Å². The van der Waals surface area contributed by atoms with Gasteiger partial charge in [0.05, 0.1) is 18.1 Å². The molecule has 0 saturated carbocycles. The van der Waals surface area contributed by atoms with E-state index in [1.165, 1.54) is 17.1 Å². The van der Waals surface area contributed by atoms with Crippen molar-refractivity contribution < 1.29 is 10.2 Å². The maximum Gasteiger partial charge on any atom is 0.153 e. The molecule has 0 fully saturated rings. The van der Waals surface area contributed by atoms with Crippen LogP contribution >= 0.6 is 0 Å². The Kier molecular flexibility index (Phi) is 1.66. The van der Waals surface area contributed by atoms with Gasteiger partial charge in [-0.1, -0.05) is 0 Å². The lowest BCUT2D eigenvalue weighted by molar-refractivity contribution is 0.475. The molecule has 4 nitrogen and oxygen atoms in total. The minimum absolute atomic E-state index is 0.119. The largest absolute Gasteiger partial charge is 0.508 e. The quantitative estimate of drug-likeness (QED) is 0.688. The fourth-order valence-electron chi connectivity index (χ4n) is 1.06. The second-order valence-electron chi connectivity index (χ2n) is 2.66. The molecule has 0 radical (unpaired) electrons.